The van der Waals surface area contributed by atoms with Crippen LogP contribution in [0.15, 0.2) is 29.2 Å². The second kappa shape index (κ2) is 7.79. The standard InChI is InChI=1S/C14H19NO4S/c1-3-8-15-14(18)10(2)20(19)12-6-4-11(5-7-12)9-13(16)17/h4-7,10H,3,8-9H2,1-2H3,(H,15,18)(H,16,17). The highest BCUT2D eigenvalue weighted by molar-refractivity contribution is 7.86. The zero-order chi connectivity index (χ0) is 15.1. The summed E-state index contributed by atoms with van der Waals surface area (Å²) in [6.45, 7) is 4.13. The first-order valence-electron chi connectivity index (χ1n) is 6.44. The molecule has 2 atom stereocenters. The topological polar surface area (TPSA) is 83.5 Å². The van der Waals surface area contributed by atoms with Gasteiger partial charge in [0.15, 0.2) is 0 Å². The van der Waals surface area contributed by atoms with Crippen molar-refractivity contribution in [3.63, 3.8) is 0 Å². The molecule has 1 aromatic rings. The summed E-state index contributed by atoms with van der Waals surface area (Å²) in [5.74, 6) is -1.15. The van der Waals surface area contributed by atoms with Gasteiger partial charge in [-0.2, -0.15) is 0 Å². The maximum atomic E-state index is 12.2. The number of hydrogen-bond donors (Lipinski definition) is 2. The van der Waals surface area contributed by atoms with Gasteiger partial charge in [-0.25, -0.2) is 0 Å². The molecule has 20 heavy (non-hydrogen) atoms. The van der Waals surface area contributed by atoms with E-state index in [1.54, 1.807) is 31.2 Å². The molecule has 0 aromatic heterocycles. The molecule has 0 heterocycles. The molecule has 5 nitrogen and oxygen atoms in total. The lowest BCUT2D eigenvalue weighted by Crippen LogP contribution is -2.35. The third-order valence-electron chi connectivity index (χ3n) is 2.75. The summed E-state index contributed by atoms with van der Waals surface area (Å²) in [4.78, 5) is 22.8. The van der Waals surface area contributed by atoms with Gasteiger partial charge in [-0.1, -0.05) is 19.1 Å². The predicted octanol–water partition coefficient (Wildman–Crippen LogP) is 1.34. The van der Waals surface area contributed by atoms with Gasteiger partial charge in [0.2, 0.25) is 5.91 Å². The number of benzene rings is 1. The highest BCUT2D eigenvalue weighted by Gasteiger charge is 2.20. The molecule has 1 rings (SSSR count). The Hall–Kier alpha value is -1.69. The largest absolute Gasteiger partial charge is 0.481 e. The van der Waals surface area contributed by atoms with Crippen molar-refractivity contribution in [2.75, 3.05) is 6.54 Å². The Balaban J connectivity index is 2.71. The third kappa shape index (κ3) is 4.77. The number of nitrogens with one attached hydrogen (secondary N) is 1. The summed E-state index contributed by atoms with van der Waals surface area (Å²) < 4.78 is 12.2. The molecule has 0 spiro atoms. The summed E-state index contributed by atoms with van der Waals surface area (Å²) in [5.41, 5.74) is 0.640. The molecule has 110 valence electrons. The van der Waals surface area contributed by atoms with Crippen LogP contribution in [-0.4, -0.2) is 33.0 Å². The van der Waals surface area contributed by atoms with E-state index in [1.165, 1.54) is 0 Å². The molecule has 0 saturated carbocycles. The lowest BCUT2D eigenvalue weighted by molar-refractivity contribution is -0.136. The van der Waals surface area contributed by atoms with Crippen LogP contribution in [-0.2, 0) is 26.8 Å². The van der Waals surface area contributed by atoms with Gasteiger partial charge in [0, 0.05) is 11.4 Å². The van der Waals surface area contributed by atoms with Crippen molar-refractivity contribution < 1.29 is 18.9 Å². The normalized spacial score (nSPS) is 13.5. The Morgan fingerprint density at radius 1 is 1.30 bits per heavy atom. The summed E-state index contributed by atoms with van der Waals surface area (Å²) in [6, 6.07) is 6.46. The summed E-state index contributed by atoms with van der Waals surface area (Å²) in [6.07, 6.45) is 0.758. The van der Waals surface area contributed by atoms with Crippen molar-refractivity contribution in [1.82, 2.24) is 5.32 Å². The van der Waals surface area contributed by atoms with Crippen molar-refractivity contribution >= 4 is 22.7 Å². The molecule has 0 aliphatic heterocycles. The number of carbonyl (C=O) groups excluding carboxylic acids is 1. The molecule has 6 heteroatoms. The van der Waals surface area contributed by atoms with Crippen molar-refractivity contribution in [3.05, 3.63) is 29.8 Å². The maximum Gasteiger partial charge on any atom is 0.307 e. The molecule has 0 fully saturated rings. The number of carboxylic acids is 1. The fraction of sp³-hybridized carbons (Fsp3) is 0.429. The van der Waals surface area contributed by atoms with Crippen molar-refractivity contribution in [2.24, 2.45) is 0 Å². The summed E-state index contributed by atoms with van der Waals surface area (Å²) in [5, 5.41) is 10.8. The molecule has 0 radical (unpaired) electrons. The van der Waals surface area contributed by atoms with E-state index in [4.69, 9.17) is 5.11 Å². The molecule has 0 aliphatic rings. The Bertz CT molecular complexity index is 498. The first-order valence-corrected chi connectivity index (χ1v) is 7.66. The molecule has 2 unspecified atom stereocenters. The highest BCUT2D eigenvalue weighted by atomic mass is 32.2. The number of carbonyl (C=O) groups is 2. The van der Waals surface area contributed by atoms with Gasteiger partial charge < -0.3 is 10.4 Å². The Labute approximate surface area is 120 Å². The number of carboxylic acid groups (broad SMARTS) is 1. The van der Waals surface area contributed by atoms with E-state index in [1.807, 2.05) is 6.92 Å². The quantitative estimate of drug-likeness (QED) is 0.795. The van der Waals surface area contributed by atoms with E-state index in [2.05, 4.69) is 5.32 Å². The van der Waals surface area contributed by atoms with Gasteiger partial charge in [0.05, 0.1) is 17.2 Å². The van der Waals surface area contributed by atoms with Gasteiger partial charge in [0.1, 0.15) is 5.25 Å². The molecule has 0 bridgehead atoms. The Morgan fingerprint density at radius 2 is 1.90 bits per heavy atom. The Kier molecular flexibility index (Phi) is 6.38. The Morgan fingerprint density at radius 3 is 2.40 bits per heavy atom. The minimum atomic E-state index is -1.44. The number of amides is 1. The first-order chi connectivity index (χ1) is 9.45. The average Bonchev–Trinajstić information content (AvgIpc) is 2.43. The van der Waals surface area contributed by atoms with Crippen LogP contribution in [0.25, 0.3) is 0 Å². The fourth-order valence-corrected chi connectivity index (χ4v) is 2.70. The molecule has 2 N–H and O–H groups in total. The van der Waals surface area contributed by atoms with Crippen LogP contribution in [0.5, 0.6) is 0 Å². The minimum Gasteiger partial charge on any atom is -0.481 e. The zero-order valence-corrected chi connectivity index (χ0v) is 12.4. The van der Waals surface area contributed by atoms with E-state index in [0.717, 1.165) is 6.42 Å². The average molecular weight is 297 g/mol. The second-order valence-electron chi connectivity index (χ2n) is 4.45. The van der Waals surface area contributed by atoms with E-state index in [-0.39, 0.29) is 12.3 Å². The second-order valence-corrected chi connectivity index (χ2v) is 6.22. The lowest BCUT2D eigenvalue weighted by Gasteiger charge is -2.12. The predicted molar refractivity (Wildman–Crippen MR) is 77.0 cm³/mol. The molecular weight excluding hydrogens is 278 g/mol. The van der Waals surface area contributed by atoms with Gasteiger partial charge in [0.25, 0.3) is 0 Å². The summed E-state index contributed by atoms with van der Waals surface area (Å²) >= 11 is 0. The first kappa shape index (κ1) is 16.4. The smallest absolute Gasteiger partial charge is 0.307 e. The lowest BCUT2D eigenvalue weighted by atomic mass is 10.2. The SMILES string of the molecule is CCCNC(=O)C(C)S(=O)c1ccc(CC(=O)O)cc1. The van der Waals surface area contributed by atoms with Gasteiger partial charge in [-0.15, -0.1) is 0 Å². The van der Waals surface area contributed by atoms with E-state index >= 15 is 0 Å². The van der Waals surface area contributed by atoms with Crippen LogP contribution in [0.2, 0.25) is 0 Å². The van der Waals surface area contributed by atoms with Crippen molar-refractivity contribution in [1.29, 1.82) is 0 Å². The number of aliphatic carboxylic acids is 1. The van der Waals surface area contributed by atoms with Crippen molar-refractivity contribution in [3.8, 4) is 0 Å². The maximum absolute atomic E-state index is 12.2. The van der Waals surface area contributed by atoms with Crippen LogP contribution in [0.3, 0.4) is 0 Å². The third-order valence-corrected chi connectivity index (χ3v) is 4.34. The van der Waals surface area contributed by atoms with E-state index in [0.29, 0.717) is 17.0 Å². The van der Waals surface area contributed by atoms with Crippen LogP contribution in [0, 0.1) is 0 Å². The molecule has 0 aliphatic carbocycles. The number of rotatable bonds is 7. The number of hydrogen-bond acceptors (Lipinski definition) is 3. The van der Waals surface area contributed by atoms with E-state index < -0.39 is 22.0 Å². The monoisotopic (exact) mass is 297 g/mol. The molecule has 1 amide bonds. The van der Waals surface area contributed by atoms with Gasteiger partial charge in [-0.05, 0) is 31.0 Å². The molecule has 0 saturated heterocycles. The zero-order valence-electron chi connectivity index (χ0n) is 11.6. The van der Waals surface area contributed by atoms with Gasteiger partial charge in [-0.3, -0.25) is 13.8 Å². The van der Waals surface area contributed by atoms with Crippen LogP contribution in [0.4, 0.5) is 0 Å². The summed E-state index contributed by atoms with van der Waals surface area (Å²) in [7, 11) is -1.44. The molecular formula is C14H19NO4S. The highest BCUT2D eigenvalue weighted by Crippen LogP contribution is 2.13. The van der Waals surface area contributed by atoms with Crippen LogP contribution >= 0.6 is 0 Å². The van der Waals surface area contributed by atoms with Crippen molar-refractivity contribution in [2.45, 2.75) is 36.8 Å². The van der Waals surface area contributed by atoms with E-state index in [9.17, 15) is 13.8 Å². The van der Waals surface area contributed by atoms with Gasteiger partial charge >= 0.3 is 5.97 Å². The fourth-order valence-electron chi connectivity index (χ4n) is 1.61. The molecule has 1 aromatic carbocycles. The minimum absolute atomic E-state index is 0.0700. The van der Waals surface area contributed by atoms with Crippen LogP contribution in [0.1, 0.15) is 25.8 Å². The van der Waals surface area contributed by atoms with Crippen LogP contribution < -0.4 is 5.32 Å².